The highest BCUT2D eigenvalue weighted by Gasteiger charge is 2.40. The molecule has 8 heteroatoms. The Labute approximate surface area is 190 Å². The molecule has 0 spiro atoms. The quantitative estimate of drug-likeness (QED) is 0.325. The molecule has 1 atom stereocenters. The van der Waals surface area contributed by atoms with E-state index in [4.69, 9.17) is 9.47 Å². The van der Waals surface area contributed by atoms with Crippen LogP contribution >= 0.6 is 0 Å². The van der Waals surface area contributed by atoms with Crippen LogP contribution in [0.5, 0.6) is 5.75 Å². The topological polar surface area (TPSA) is 94.8 Å². The Morgan fingerprint density at radius 2 is 1.91 bits per heavy atom. The van der Waals surface area contributed by atoms with E-state index in [1.165, 1.54) is 24.3 Å². The van der Waals surface area contributed by atoms with E-state index < -0.39 is 10.9 Å². The van der Waals surface area contributed by atoms with E-state index in [-0.39, 0.29) is 17.7 Å². The molecule has 3 fully saturated rings. The molecule has 4 heterocycles. The minimum absolute atomic E-state index is 0.0602. The van der Waals surface area contributed by atoms with Gasteiger partial charge in [0.2, 0.25) is 0 Å². The van der Waals surface area contributed by atoms with E-state index in [1.54, 1.807) is 13.3 Å². The Bertz CT molecular complexity index is 1250. The fourth-order valence-corrected chi connectivity index (χ4v) is 4.67. The molecule has 0 unspecified atom stereocenters. The van der Waals surface area contributed by atoms with E-state index in [2.05, 4.69) is 16.0 Å². The lowest BCUT2D eigenvalue weighted by Gasteiger charge is -2.47. The number of pyridine rings is 1. The first-order valence-electron chi connectivity index (χ1n) is 10.9. The molecule has 1 aromatic heterocycles. The van der Waals surface area contributed by atoms with Gasteiger partial charge in [0.1, 0.15) is 11.9 Å². The number of carbonyl (C=O) groups excluding carboxylic acids is 1. The molecule has 0 saturated carbocycles. The summed E-state index contributed by atoms with van der Waals surface area (Å²) in [5, 5.41) is 11.9. The Hall–Kier alpha value is -3.94. The second-order valence-corrected chi connectivity index (χ2v) is 8.31. The number of rotatable bonds is 5. The van der Waals surface area contributed by atoms with E-state index in [9.17, 15) is 14.9 Å². The first kappa shape index (κ1) is 20.9. The molecule has 8 nitrogen and oxygen atoms in total. The Morgan fingerprint density at radius 1 is 1.15 bits per heavy atom. The maximum absolute atomic E-state index is 12.9. The number of fused-ring (bicyclic) bond motifs is 4. The van der Waals surface area contributed by atoms with E-state index in [0.29, 0.717) is 5.56 Å². The molecule has 3 aliphatic heterocycles. The molecule has 168 valence electrons. The van der Waals surface area contributed by atoms with Gasteiger partial charge in [0.15, 0.2) is 0 Å². The molecule has 6 rings (SSSR count). The summed E-state index contributed by atoms with van der Waals surface area (Å²) < 4.78 is 11.4. The van der Waals surface area contributed by atoms with Crippen molar-refractivity contribution in [2.45, 2.75) is 18.9 Å². The SMILES string of the molecule is COc1ccc2nccc(/C=C3/[C@H](OC(=O)c4ccc([N+](=O)[O-])cc4)C4CCN3CC4)c2c1. The summed E-state index contributed by atoms with van der Waals surface area (Å²) in [6.45, 7) is 1.85. The number of hydrogen-bond donors (Lipinski definition) is 0. The highest BCUT2D eigenvalue weighted by Crippen LogP contribution is 2.39. The largest absolute Gasteiger partial charge is 0.497 e. The summed E-state index contributed by atoms with van der Waals surface area (Å²) in [7, 11) is 1.63. The number of benzene rings is 2. The number of carbonyl (C=O) groups is 1. The van der Waals surface area contributed by atoms with Crippen molar-refractivity contribution in [1.82, 2.24) is 9.88 Å². The number of piperidine rings is 3. The number of nitro groups is 1. The third kappa shape index (κ3) is 4.00. The number of methoxy groups -OCH3 is 1. The third-order valence-electron chi connectivity index (χ3n) is 6.46. The zero-order valence-corrected chi connectivity index (χ0v) is 18.1. The standard InChI is InChI=1S/C25H23N3O5/c1-32-20-6-7-22-21(15-20)18(8-11-26-22)14-23-24(16-9-12-27(23)13-10-16)33-25(29)17-2-4-19(5-3-17)28(30)31/h2-8,11,14-16,24H,9-10,12-13H2,1H3/b23-14-/t24-/m1/s1. The molecule has 2 aromatic carbocycles. The molecule has 3 aliphatic rings. The number of hydrogen-bond acceptors (Lipinski definition) is 7. The van der Waals surface area contributed by atoms with Crippen LogP contribution in [0.15, 0.2) is 60.4 Å². The van der Waals surface area contributed by atoms with Gasteiger partial charge >= 0.3 is 5.97 Å². The molecule has 33 heavy (non-hydrogen) atoms. The average molecular weight is 445 g/mol. The predicted octanol–water partition coefficient (Wildman–Crippen LogP) is 4.44. The summed E-state index contributed by atoms with van der Waals surface area (Å²) in [5.74, 6) is 0.517. The first-order chi connectivity index (χ1) is 16.0. The number of aromatic nitrogens is 1. The van der Waals surface area contributed by atoms with Crippen molar-refractivity contribution in [3.63, 3.8) is 0 Å². The van der Waals surface area contributed by atoms with Crippen molar-refractivity contribution in [2.75, 3.05) is 20.2 Å². The Balaban J connectivity index is 1.48. The lowest BCUT2D eigenvalue weighted by molar-refractivity contribution is -0.384. The molecule has 2 bridgehead atoms. The second-order valence-electron chi connectivity index (χ2n) is 8.31. The summed E-state index contributed by atoms with van der Waals surface area (Å²) in [6, 6.07) is 13.2. The van der Waals surface area contributed by atoms with Gasteiger partial charge in [0.05, 0.1) is 28.8 Å². The predicted molar refractivity (Wildman–Crippen MR) is 123 cm³/mol. The van der Waals surface area contributed by atoms with Gasteiger partial charge in [-0.05, 0) is 60.9 Å². The van der Waals surface area contributed by atoms with Crippen LogP contribution in [0.3, 0.4) is 0 Å². The summed E-state index contributed by atoms with van der Waals surface area (Å²) >= 11 is 0. The maximum atomic E-state index is 12.9. The van der Waals surface area contributed by atoms with Crippen LogP contribution in [-0.4, -0.2) is 47.1 Å². The lowest BCUT2D eigenvalue weighted by Crippen LogP contribution is -2.50. The zero-order chi connectivity index (χ0) is 22.9. The molecule has 3 aromatic rings. The molecule has 0 N–H and O–H groups in total. The van der Waals surface area contributed by atoms with Gasteiger partial charge in [0, 0.05) is 42.7 Å². The van der Waals surface area contributed by atoms with Gasteiger partial charge in [-0.25, -0.2) is 4.79 Å². The van der Waals surface area contributed by atoms with Crippen LogP contribution in [0.4, 0.5) is 5.69 Å². The fourth-order valence-electron chi connectivity index (χ4n) is 4.67. The maximum Gasteiger partial charge on any atom is 0.338 e. The smallest absolute Gasteiger partial charge is 0.338 e. The van der Waals surface area contributed by atoms with Crippen LogP contribution in [0.1, 0.15) is 28.8 Å². The van der Waals surface area contributed by atoms with Crippen LogP contribution in [0.25, 0.3) is 17.0 Å². The molecule has 0 radical (unpaired) electrons. The van der Waals surface area contributed by atoms with Crippen LogP contribution in [0.2, 0.25) is 0 Å². The number of nitro benzene ring substituents is 1. The number of non-ortho nitro benzene ring substituents is 1. The highest BCUT2D eigenvalue weighted by atomic mass is 16.6. The van der Waals surface area contributed by atoms with Crippen molar-refractivity contribution in [2.24, 2.45) is 5.92 Å². The summed E-state index contributed by atoms with van der Waals surface area (Å²) in [6.07, 6.45) is 5.41. The summed E-state index contributed by atoms with van der Waals surface area (Å²) in [5.41, 5.74) is 3.06. The Morgan fingerprint density at radius 3 is 2.61 bits per heavy atom. The van der Waals surface area contributed by atoms with Crippen molar-refractivity contribution in [3.8, 4) is 5.75 Å². The lowest BCUT2D eigenvalue weighted by atomic mass is 9.82. The van der Waals surface area contributed by atoms with Gasteiger partial charge in [0.25, 0.3) is 5.69 Å². The van der Waals surface area contributed by atoms with Gasteiger partial charge in [-0.3, -0.25) is 15.1 Å². The van der Waals surface area contributed by atoms with Crippen molar-refractivity contribution < 1.29 is 19.2 Å². The minimum Gasteiger partial charge on any atom is -0.497 e. The van der Waals surface area contributed by atoms with Gasteiger partial charge in [-0.15, -0.1) is 0 Å². The molecular weight excluding hydrogens is 422 g/mol. The van der Waals surface area contributed by atoms with Crippen molar-refractivity contribution >= 4 is 28.6 Å². The number of nitrogens with zero attached hydrogens (tertiary/aromatic N) is 3. The third-order valence-corrected chi connectivity index (χ3v) is 6.46. The van der Waals surface area contributed by atoms with Crippen LogP contribution < -0.4 is 4.74 Å². The molecule has 3 saturated heterocycles. The van der Waals surface area contributed by atoms with Crippen LogP contribution in [0, 0.1) is 16.0 Å². The van der Waals surface area contributed by atoms with Crippen LogP contribution in [-0.2, 0) is 4.74 Å². The molecule has 0 aliphatic carbocycles. The number of esters is 1. The first-order valence-corrected chi connectivity index (χ1v) is 10.9. The Kier molecular flexibility index (Phi) is 5.42. The van der Waals surface area contributed by atoms with Gasteiger partial charge < -0.3 is 14.4 Å². The monoisotopic (exact) mass is 445 g/mol. The second kappa shape index (κ2) is 8.54. The fraction of sp³-hybridized carbons (Fsp3) is 0.280. The van der Waals surface area contributed by atoms with E-state index >= 15 is 0 Å². The van der Waals surface area contributed by atoms with Gasteiger partial charge in [-0.2, -0.15) is 0 Å². The van der Waals surface area contributed by atoms with Gasteiger partial charge in [-0.1, -0.05) is 0 Å². The number of ether oxygens (including phenoxy) is 2. The average Bonchev–Trinajstić information content (AvgIpc) is 2.86. The summed E-state index contributed by atoms with van der Waals surface area (Å²) in [4.78, 5) is 30.0. The van der Waals surface area contributed by atoms with E-state index in [1.807, 2.05) is 24.3 Å². The normalized spacial score (nSPS) is 20.8. The highest BCUT2D eigenvalue weighted by molar-refractivity contribution is 5.91. The molecule has 0 amide bonds. The zero-order valence-electron chi connectivity index (χ0n) is 18.1. The van der Waals surface area contributed by atoms with E-state index in [0.717, 1.165) is 53.8 Å². The van der Waals surface area contributed by atoms with Crippen molar-refractivity contribution in [1.29, 1.82) is 0 Å². The van der Waals surface area contributed by atoms with Crippen molar-refractivity contribution in [3.05, 3.63) is 81.7 Å². The minimum atomic E-state index is -0.489. The molecular formula is C25H23N3O5.